The number of aromatic nitrogens is 3. The lowest BCUT2D eigenvalue weighted by molar-refractivity contribution is -0.152. The van der Waals surface area contributed by atoms with Gasteiger partial charge in [-0.3, -0.25) is 14.3 Å². The monoisotopic (exact) mass is 443 g/mol. The van der Waals surface area contributed by atoms with Gasteiger partial charge in [-0.25, -0.2) is 4.98 Å². The molecule has 4 heterocycles. The zero-order valence-electron chi connectivity index (χ0n) is 19.2. The van der Waals surface area contributed by atoms with Crippen molar-refractivity contribution in [3.63, 3.8) is 0 Å². The lowest BCUT2D eigenvalue weighted by Gasteiger charge is -2.47. The third kappa shape index (κ3) is 3.16. The van der Waals surface area contributed by atoms with Crippen LogP contribution in [0.25, 0.3) is 10.8 Å². The number of rotatable bonds is 4. The van der Waals surface area contributed by atoms with Gasteiger partial charge in [-0.1, -0.05) is 26.0 Å². The summed E-state index contributed by atoms with van der Waals surface area (Å²) in [6.45, 7) is 5.95. The Kier molecular flexibility index (Phi) is 4.57. The maximum Gasteiger partial charge on any atom is 0.257 e. The van der Waals surface area contributed by atoms with Crippen molar-refractivity contribution in [2.75, 3.05) is 18.4 Å². The van der Waals surface area contributed by atoms with Crippen molar-refractivity contribution >= 4 is 28.4 Å². The molecular weight excluding hydrogens is 414 g/mol. The number of amides is 2. The summed E-state index contributed by atoms with van der Waals surface area (Å²) in [5.41, 5.74) is 2.76. The van der Waals surface area contributed by atoms with Crippen molar-refractivity contribution in [3.05, 3.63) is 53.5 Å². The Balaban J connectivity index is 1.15. The lowest BCUT2D eigenvalue weighted by atomic mass is 9.61. The minimum Gasteiger partial charge on any atom is -0.342 e. The fourth-order valence-corrected chi connectivity index (χ4v) is 5.72. The van der Waals surface area contributed by atoms with Crippen LogP contribution in [0.1, 0.15) is 67.1 Å². The number of hydrogen-bond acceptors (Lipinski definition) is 4. The largest absolute Gasteiger partial charge is 0.342 e. The molecule has 2 fully saturated rings. The molecule has 0 radical (unpaired) electrons. The molecule has 2 amide bonds. The van der Waals surface area contributed by atoms with Crippen molar-refractivity contribution in [2.45, 2.75) is 52.0 Å². The molecule has 1 N–H and O–H groups in total. The Bertz CT molecular complexity index is 1270. The van der Waals surface area contributed by atoms with E-state index in [4.69, 9.17) is 0 Å². The van der Waals surface area contributed by atoms with Gasteiger partial charge < -0.3 is 10.2 Å². The smallest absolute Gasteiger partial charge is 0.257 e. The van der Waals surface area contributed by atoms with E-state index >= 15 is 0 Å². The molecule has 170 valence electrons. The first-order valence-corrected chi connectivity index (χ1v) is 12.0. The minimum atomic E-state index is -0.153. The van der Waals surface area contributed by atoms with Gasteiger partial charge in [0.2, 0.25) is 5.91 Å². The first-order chi connectivity index (χ1) is 15.9. The van der Waals surface area contributed by atoms with Crippen LogP contribution in [0.4, 0.5) is 5.82 Å². The second kappa shape index (κ2) is 7.40. The van der Waals surface area contributed by atoms with Gasteiger partial charge >= 0.3 is 0 Å². The summed E-state index contributed by atoms with van der Waals surface area (Å²) in [7, 11) is 0. The van der Waals surface area contributed by atoms with Crippen LogP contribution in [-0.4, -0.2) is 44.6 Å². The number of carbonyl (C=O) groups excluding carboxylic acids is 2. The van der Waals surface area contributed by atoms with Crippen molar-refractivity contribution in [1.29, 1.82) is 0 Å². The van der Waals surface area contributed by atoms with E-state index in [2.05, 4.69) is 51.1 Å². The maximum atomic E-state index is 13.0. The lowest BCUT2D eigenvalue weighted by Crippen LogP contribution is -2.52. The first kappa shape index (κ1) is 20.4. The Labute approximate surface area is 193 Å². The van der Waals surface area contributed by atoms with Crippen LogP contribution in [0.15, 0.2) is 36.8 Å². The molecule has 1 aliphatic carbocycles. The van der Waals surface area contributed by atoms with Gasteiger partial charge in [0.25, 0.3) is 5.91 Å². The molecule has 1 saturated carbocycles. The standard InChI is InChI=1S/C26H29N5O2/c1-16-6-9-26(16,2)25(33)30-10-7-19(8-11-30)31-15-17(13-28-31)12-18-14-27-23-22-20(18)4-3-5-21(22)24(32)29-23/h3-5,13-16,19H,6-12H2,1-2H3,(H,27,29,32)/t16-,26?/m0/s1. The van der Waals surface area contributed by atoms with E-state index in [-0.39, 0.29) is 11.3 Å². The highest BCUT2D eigenvalue weighted by Crippen LogP contribution is 2.47. The van der Waals surface area contributed by atoms with Crippen LogP contribution in [0.3, 0.4) is 0 Å². The van der Waals surface area contributed by atoms with E-state index in [0.717, 1.165) is 67.1 Å². The highest BCUT2D eigenvalue weighted by Gasteiger charge is 2.48. The fourth-order valence-electron chi connectivity index (χ4n) is 5.72. The summed E-state index contributed by atoms with van der Waals surface area (Å²) in [5.74, 6) is 1.40. The number of pyridine rings is 1. The van der Waals surface area contributed by atoms with Gasteiger partial charge in [-0.15, -0.1) is 0 Å². The maximum absolute atomic E-state index is 13.0. The third-order valence-electron chi connectivity index (χ3n) is 8.32. The SMILES string of the molecule is C[C@H]1CCC1(C)C(=O)N1CCC(n2cc(Cc3cnc4c5c(cccc35)C(=O)N4)cn2)CC1. The molecule has 1 saturated heterocycles. The van der Waals surface area contributed by atoms with Crippen LogP contribution < -0.4 is 5.32 Å². The van der Waals surface area contributed by atoms with Crippen molar-refractivity contribution in [2.24, 2.45) is 11.3 Å². The van der Waals surface area contributed by atoms with E-state index in [1.54, 1.807) is 0 Å². The number of nitrogens with one attached hydrogen (secondary N) is 1. The van der Waals surface area contributed by atoms with E-state index in [9.17, 15) is 9.59 Å². The van der Waals surface area contributed by atoms with Crippen LogP contribution in [0.5, 0.6) is 0 Å². The number of anilines is 1. The number of piperidine rings is 1. The number of hydrogen-bond donors (Lipinski definition) is 1. The van der Waals surface area contributed by atoms with Gasteiger partial charge in [-0.05, 0) is 54.2 Å². The zero-order valence-corrected chi connectivity index (χ0v) is 19.2. The first-order valence-electron chi connectivity index (χ1n) is 12.0. The molecule has 1 unspecified atom stereocenters. The third-order valence-corrected chi connectivity index (χ3v) is 8.32. The van der Waals surface area contributed by atoms with Gasteiger partial charge in [-0.2, -0.15) is 5.10 Å². The molecule has 7 heteroatoms. The molecule has 3 aliphatic rings. The van der Waals surface area contributed by atoms with Gasteiger partial charge in [0.1, 0.15) is 5.82 Å². The molecule has 1 aromatic carbocycles. The summed E-state index contributed by atoms with van der Waals surface area (Å²) in [6.07, 6.45) is 10.7. The predicted molar refractivity (Wildman–Crippen MR) is 126 cm³/mol. The van der Waals surface area contributed by atoms with E-state index < -0.39 is 0 Å². The second-order valence-electron chi connectivity index (χ2n) is 10.2. The van der Waals surface area contributed by atoms with Crippen LogP contribution in [0, 0.1) is 11.3 Å². The average molecular weight is 444 g/mol. The van der Waals surface area contributed by atoms with Crippen LogP contribution in [-0.2, 0) is 11.2 Å². The van der Waals surface area contributed by atoms with E-state index in [0.29, 0.717) is 29.2 Å². The zero-order chi connectivity index (χ0) is 22.7. The van der Waals surface area contributed by atoms with Crippen molar-refractivity contribution in [3.8, 4) is 0 Å². The summed E-state index contributed by atoms with van der Waals surface area (Å²) >= 11 is 0. The summed E-state index contributed by atoms with van der Waals surface area (Å²) in [5, 5.41) is 9.48. The van der Waals surface area contributed by atoms with Crippen molar-refractivity contribution in [1.82, 2.24) is 19.7 Å². The topological polar surface area (TPSA) is 80.1 Å². The van der Waals surface area contributed by atoms with Crippen LogP contribution >= 0.6 is 0 Å². The number of nitrogens with zero attached hydrogens (tertiary/aromatic N) is 4. The summed E-state index contributed by atoms with van der Waals surface area (Å²) in [6, 6.07) is 6.15. The minimum absolute atomic E-state index is 0.0846. The highest BCUT2D eigenvalue weighted by atomic mass is 16.2. The normalized spacial score (nSPS) is 24.7. The van der Waals surface area contributed by atoms with Gasteiger partial charge in [0.15, 0.2) is 0 Å². The molecule has 6 rings (SSSR count). The van der Waals surface area contributed by atoms with Gasteiger partial charge in [0.05, 0.1) is 17.8 Å². The molecular formula is C26H29N5O2. The number of carbonyl (C=O) groups is 2. The predicted octanol–water partition coefficient (Wildman–Crippen LogP) is 4.19. The molecule has 7 nitrogen and oxygen atoms in total. The molecule has 2 atom stereocenters. The fraction of sp³-hybridized carbons (Fsp3) is 0.462. The highest BCUT2D eigenvalue weighted by molar-refractivity contribution is 6.23. The second-order valence-corrected chi connectivity index (χ2v) is 10.2. The Morgan fingerprint density at radius 3 is 2.76 bits per heavy atom. The molecule has 0 bridgehead atoms. The molecule has 33 heavy (non-hydrogen) atoms. The molecule has 0 spiro atoms. The average Bonchev–Trinajstić information content (AvgIpc) is 3.44. The van der Waals surface area contributed by atoms with E-state index in [1.165, 1.54) is 0 Å². The molecule has 2 aliphatic heterocycles. The van der Waals surface area contributed by atoms with Crippen molar-refractivity contribution < 1.29 is 9.59 Å². The Hall–Kier alpha value is -3.22. The molecule has 2 aromatic heterocycles. The van der Waals surface area contributed by atoms with Crippen LogP contribution in [0.2, 0.25) is 0 Å². The summed E-state index contributed by atoms with van der Waals surface area (Å²) in [4.78, 5) is 31.7. The quantitative estimate of drug-likeness (QED) is 0.656. The Morgan fingerprint density at radius 1 is 1.21 bits per heavy atom. The van der Waals surface area contributed by atoms with Gasteiger partial charge in [0, 0.05) is 42.7 Å². The summed E-state index contributed by atoms with van der Waals surface area (Å²) < 4.78 is 2.07. The molecule has 3 aromatic rings. The van der Waals surface area contributed by atoms with E-state index in [1.807, 2.05) is 24.5 Å². The number of likely N-dealkylation sites (tertiary alicyclic amines) is 1. The Morgan fingerprint density at radius 2 is 2.03 bits per heavy atom. The number of benzene rings is 1.